The Labute approximate surface area is 87.8 Å². The molecule has 0 unspecified atom stereocenters. The second-order valence-corrected chi connectivity index (χ2v) is 7.66. The van der Waals surface area contributed by atoms with Crippen LogP contribution >= 0.6 is 31.4 Å². The van der Waals surface area contributed by atoms with Gasteiger partial charge >= 0.3 is 0 Å². The maximum absolute atomic E-state index is 2.05. The first-order valence-electron chi connectivity index (χ1n) is 4.91. The van der Waals surface area contributed by atoms with Crippen LogP contribution in [0.3, 0.4) is 0 Å². The Hall–Kier alpha value is 1.05. The van der Waals surface area contributed by atoms with E-state index in [1.807, 2.05) is 31.4 Å². The van der Waals surface area contributed by atoms with E-state index in [9.17, 15) is 0 Å². The molecule has 1 rings (SSSR count). The van der Waals surface area contributed by atoms with Gasteiger partial charge in [0.2, 0.25) is 0 Å². The van der Waals surface area contributed by atoms with E-state index in [1.54, 1.807) is 0 Å². The lowest BCUT2D eigenvalue weighted by molar-refractivity contribution is 0.605. The Bertz CT molecular complexity index is 52.8. The van der Waals surface area contributed by atoms with Crippen molar-refractivity contribution in [2.75, 3.05) is 11.5 Å². The van der Waals surface area contributed by atoms with Crippen LogP contribution in [0.1, 0.15) is 44.9 Å². The summed E-state index contributed by atoms with van der Waals surface area (Å²) in [5.74, 6) is 2.72. The topological polar surface area (TPSA) is 0 Å². The van der Waals surface area contributed by atoms with Crippen LogP contribution < -0.4 is 0 Å². The summed E-state index contributed by atoms with van der Waals surface area (Å²) in [5.41, 5.74) is 0. The first-order chi connectivity index (χ1) is 6.00. The zero-order valence-electron chi connectivity index (χ0n) is 7.59. The minimum atomic E-state index is 1.36. The number of rotatable bonds is 0. The molecule has 0 amide bonds. The molecule has 1 aliphatic heterocycles. The fraction of sp³-hybridized carbons (Fsp3) is 1.00. The molecule has 0 aromatic rings. The van der Waals surface area contributed by atoms with Crippen molar-refractivity contribution in [3.05, 3.63) is 0 Å². The van der Waals surface area contributed by atoms with Crippen molar-refractivity contribution < 1.29 is 0 Å². The third-order valence-corrected chi connectivity index (χ3v) is 6.46. The smallest absolute Gasteiger partial charge is 0.00451 e. The lowest BCUT2D eigenvalue weighted by Gasteiger charge is -2.04. The summed E-state index contributed by atoms with van der Waals surface area (Å²) in [6.07, 6.45) is 10.2. The van der Waals surface area contributed by atoms with Gasteiger partial charge in [-0.1, -0.05) is 53.7 Å². The molecule has 0 aromatic heterocycles. The molecule has 1 aliphatic rings. The highest BCUT2D eigenvalue weighted by Crippen LogP contribution is 2.36. The Morgan fingerprint density at radius 3 is 1.42 bits per heavy atom. The molecule has 0 atom stereocenters. The zero-order valence-corrected chi connectivity index (χ0v) is 10.0. The SMILES string of the molecule is C1CCCCSSSCCCC1. The van der Waals surface area contributed by atoms with Gasteiger partial charge in [-0.15, -0.1) is 0 Å². The summed E-state index contributed by atoms with van der Waals surface area (Å²) in [4.78, 5) is 0. The van der Waals surface area contributed by atoms with E-state index >= 15 is 0 Å². The molecular weight excluding hydrogens is 204 g/mol. The lowest BCUT2D eigenvalue weighted by atomic mass is 10.1. The fourth-order valence-corrected chi connectivity index (χ4v) is 5.31. The molecule has 3 heteroatoms. The van der Waals surface area contributed by atoms with Crippen LogP contribution in [-0.2, 0) is 0 Å². The fourth-order valence-electron chi connectivity index (χ4n) is 1.31. The monoisotopic (exact) mass is 222 g/mol. The zero-order chi connectivity index (χ0) is 8.49. The highest BCUT2D eigenvalue weighted by Gasteiger charge is 1.96. The van der Waals surface area contributed by atoms with Crippen molar-refractivity contribution in [1.82, 2.24) is 0 Å². The maximum Gasteiger partial charge on any atom is 0.00451 e. The quantitative estimate of drug-likeness (QED) is 0.542. The molecule has 0 nitrogen and oxygen atoms in total. The Morgan fingerprint density at radius 2 is 0.917 bits per heavy atom. The molecule has 1 heterocycles. The lowest BCUT2D eigenvalue weighted by Crippen LogP contribution is -1.84. The van der Waals surface area contributed by atoms with Crippen molar-refractivity contribution in [2.24, 2.45) is 0 Å². The van der Waals surface area contributed by atoms with Crippen molar-refractivity contribution in [3.8, 4) is 0 Å². The van der Waals surface area contributed by atoms with Gasteiger partial charge in [-0.3, -0.25) is 0 Å². The Morgan fingerprint density at radius 1 is 0.500 bits per heavy atom. The molecule has 1 fully saturated rings. The van der Waals surface area contributed by atoms with Gasteiger partial charge in [-0.05, 0) is 22.7 Å². The normalized spacial score (nSPS) is 24.0. The van der Waals surface area contributed by atoms with Gasteiger partial charge in [0, 0.05) is 11.5 Å². The van der Waals surface area contributed by atoms with Gasteiger partial charge in [-0.25, -0.2) is 0 Å². The summed E-state index contributed by atoms with van der Waals surface area (Å²) >= 11 is 0. The van der Waals surface area contributed by atoms with Gasteiger partial charge in [0.05, 0.1) is 0 Å². The molecule has 1 saturated heterocycles. The third-order valence-electron chi connectivity index (χ3n) is 2.05. The van der Waals surface area contributed by atoms with E-state index in [1.165, 1.54) is 56.5 Å². The van der Waals surface area contributed by atoms with Crippen LogP contribution in [0.5, 0.6) is 0 Å². The molecule has 0 aromatic carbocycles. The number of hydrogen-bond acceptors (Lipinski definition) is 3. The van der Waals surface area contributed by atoms with Crippen molar-refractivity contribution in [2.45, 2.75) is 44.9 Å². The van der Waals surface area contributed by atoms with E-state index in [0.717, 1.165) is 0 Å². The van der Waals surface area contributed by atoms with Crippen molar-refractivity contribution in [1.29, 1.82) is 0 Å². The second-order valence-electron chi connectivity index (χ2n) is 3.19. The van der Waals surface area contributed by atoms with Crippen LogP contribution in [0.15, 0.2) is 0 Å². The van der Waals surface area contributed by atoms with E-state index in [0.29, 0.717) is 0 Å². The van der Waals surface area contributed by atoms with Gasteiger partial charge in [0.1, 0.15) is 0 Å². The first-order valence-corrected chi connectivity index (χ1v) is 8.73. The predicted molar refractivity (Wildman–Crippen MR) is 64.8 cm³/mol. The Kier molecular flexibility index (Phi) is 8.01. The van der Waals surface area contributed by atoms with E-state index in [2.05, 4.69) is 0 Å². The van der Waals surface area contributed by atoms with Crippen LogP contribution in [0.25, 0.3) is 0 Å². The van der Waals surface area contributed by atoms with Crippen LogP contribution in [-0.4, -0.2) is 11.5 Å². The average molecular weight is 222 g/mol. The average Bonchev–Trinajstić information content (AvgIpc) is 2.05. The minimum absolute atomic E-state index is 1.36. The van der Waals surface area contributed by atoms with Gasteiger partial charge in [0.15, 0.2) is 0 Å². The standard InChI is InChI=1S/C9H18S3/c1-2-4-6-8-10-12-11-9-7-5-3-1/h1-9H2. The van der Waals surface area contributed by atoms with Crippen molar-refractivity contribution in [3.63, 3.8) is 0 Å². The van der Waals surface area contributed by atoms with E-state index in [-0.39, 0.29) is 0 Å². The summed E-state index contributed by atoms with van der Waals surface area (Å²) in [7, 11) is 6.10. The van der Waals surface area contributed by atoms with Gasteiger partial charge < -0.3 is 0 Å². The highest BCUT2D eigenvalue weighted by atomic mass is 33.5. The molecule has 0 radical (unpaired) electrons. The largest absolute Gasteiger partial charge is 0.0826 e. The summed E-state index contributed by atoms with van der Waals surface area (Å²) in [5, 5.41) is 0. The van der Waals surface area contributed by atoms with Crippen LogP contribution in [0, 0.1) is 0 Å². The molecule has 72 valence electrons. The second kappa shape index (κ2) is 8.64. The first kappa shape index (κ1) is 11.1. The highest BCUT2D eigenvalue weighted by molar-refractivity contribution is 9.09. The molecule has 0 N–H and O–H groups in total. The molecular formula is C9H18S3. The van der Waals surface area contributed by atoms with Gasteiger partial charge in [-0.2, -0.15) is 0 Å². The number of hydrogen-bond donors (Lipinski definition) is 0. The summed E-state index contributed by atoms with van der Waals surface area (Å²) < 4.78 is 0. The minimum Gasteiger partial charge on any atom is -0.0826 e. The molecule has 0 spiro atoms. The molecule has 0 aliphatic carbocycles. The van der Waals surface area contributed by atoms with E-state index < -0.39 is 0 Å². The third kappa shape index (κ3) is 6.55. The van der Waals surface area contributed by atoms with Crippen LogP contribution in [0.4, 0.5) is 0 Å². The van der Waals surface area contributed by atoms with Gasteiger partial charge in [0.25, 0.3) is 0 Å². The van der Waals surface area contributed by atoms with E-state index in [4.69, 9.17) is 0 Å². The molecule has 0 saturated carbocycles. The molecule has 12 heavy (non-hydrogen) atoms. The Balaban J connectivity index is 2.00. The maximum atomic E-state index is 2.05. The predicted octanol–water partition coefficient (Wildman–Crippen LogP) is 4.76. The summed E-state index contributed by atoms with van der Waals surface area (Å²) in [6.45, 7) is 0. The van der Waals surface area contributed by atoms with Crippen molar-refractivity contribution >= 4 is 31.4 Å². The van der Waals surface area contributed by atoms with Crippen LogP contribution in [0.2, 0.25) is 0 Å². The summed E-state index contributed by atoms with van der Waals surface area (Å²) in [6, 6.07) is 0. The molecule has 0 bridgehead atoms.